The van der Waals surface area contributed by atoms with Gasteiger partial charge >= 0.3 is 0 Å². The lowest BCUT2D eigenvalue weighted by Gasteiger charge is -2.11. The van der Waals surface area contributed by atoms with Crippen LogP contribution in [0.3, 0.4) is 0 Å². The number of hydroxylamine groups is 2. The topological polar surface area (TPSA) is 111 Å². The standard InChI is InChI=1S/C22H22N4O4S3/c1-15(32-22(31)25(2)27)4-7-17-14-21(16-5-10-19(30-3)11-6-16)26(24-17)18-8-12-20(13-9-18)33(23,28)29/h5-6,8-15,27H,1-3H3,(H2,23,28,29). The predicted octanol–water partition coefficient (Wildman–Crippen LogP) is 3.27. The number of nitrogens with two attached hydrogens (primary N) is 1. The second kappa shape index (κ2) is 10.4. The summed E-state index contributed by atoms with van der Waals surface area (Å²) in [6.07, 6.45) is 0. The Hall–Kier alpha value is -2.88. The van der Waals surface area contributed by atoms with Crippen molar-refractivity contribution >= 4 is 38.3 Å². The number of hydrogen-bond acceptors (Lipinski definition) is 7. The van der Waals surface area contributed by atoms with Gasteiger partial charge in [-0.1, -0.05) is 29.9 Å². The third kappa shape index (κ3) is 6.34. The van der Waals surface area contributed by atoms with Crippen molar-refractivity contribution < 1.29 is 18.4 Å². The molecule has 0 fully saturated rings. The first-order chi connectivity index (χ1) is 15.6. The zero-order chi connectivity index (χ0) is 24.2. The number of rotatable bonds is 5. The maximum Gasteiger partial charge on any atom is 0.238 e. The fourth-order valence-corrected chi connectivity index (χ4v) is 4.34. The average molecular weight is 503 g/mol. The lowest BCUT2D eigenvalue weighted by Crippen LogP contribution is -2.18. The fourth-order valence-electron chi connectivity index (χ4n) is 2.82. The van der Waals surface area contributed by atoms with Crippen LogP contribution in [0.2, 0.25) is 0 Å². The Morgan fingerprint density at radius 2 is 1.88 bits per heavy atom. The monoisotopic (exact) mass is 502 g/mol. The van der Waals surface area contributed by atoms with Crippen LogP contribution in [0.25, 0.3) is 16.9 Å². The molecule has 2 aromatic carbocycles. The van der Waals surface area contributed by atoms with Gasteiger partial charge in [-0.2, -0.15) is 5.10 Å². The van der Waals surface area contributed by atoms with Gasteiger partial charge in [-0.25, -0.2) is 23.3 Å². The number of thiocarbonyl (C=S) groups is 1. The Bertz CT molecular complexity index is 1310. The van der Waals surface area contributed by atoms with Gasteiger partial charge in [0.25, 0.3) is 0 Å². The smallest absolute Gasteiger partial charge is 0.238 e. The minimum Gasteiger partial charge on any atom is -0.497 e. The fraction of sp³-hybridized carbons (Fsp3) is 0.182. The summed E-state index contributed by atoms with van der Waals surface area (Å²) in [7, 11) is -0.746. The highest BCUT2D eigenvalue weighted by Gasteiger charge is 2.14. The van der Waals surface area contributed by atoms with E-state index in [2.05, 4.69) is 16.9 Å². The zero-order valence-corrected chi connectivity index (χ0v) is 20.5. The van der Waals surface area contributed by atoms with E-state index >= 15 is 0 Å². The normalized spacial score (nSPS) is 11.9. The van der Waals surface area contributed by atoms with Crippen LogP contribution >= 0.6 is 24.0 Å². The number of methoxy groups -OCH3 is 1. The molecule has 1 unspecified atom stereocenters. The summed E-state index contributed by atoms with van der Waals surface area (Å²) in [4.78, 5) is 0.0140. The molecule has 0 spiro atoms. The molecule has 0 aliphatic heterocycles. The number of sulfonamides is 1. The Kier molecular flexibility index (Phi) is 7.78. The maximum absolute atomic E-state index is 11.6. The maximum atomic E-state index is 11.6. The van der Waals surface area contributed by atoms with E-state index in [0.29, 0.717) is 15.7 Å². The predicted molar refractivity (Wildman–Crippen MR) is 133 cm³/mol. The van der Waals surface area contributed by atoms with E-state index in [1.165, 1.54) is 30.9 Å². The molecule has 1 aromatic heterocycles. The molecular weight excluding hydrogens is 480 g/mol. The summed E-state index contributed by atoms with van der Waals surface area (Å²) in [6, 6.07) is 15.4. The first-order valence-corrected chi connectivity index (χ1v) is 12.4. The molecule has 1 heterocycles. The first kappa shape index (κ1) is 24.8. The molecule has 0 radical (unpaired) electrons. The van der Waals surface area contributed by atoms with E-state index in [9.17, 15) is 13.6 Å². The van der Waals surface area contributed by atoms with Crippen molar-refractivity contribution in [2.24, 2.45) is 5.14 Å². The van der Waals surface area contributed by atoms with Crippen LogP contribution in [-0.2, 0) is 10.0 Å². The molecule has 0 aliphatic rings. The van der Waals surface area contributed by atoms with Gasteiger partial charge in [-0.05, 0) is 61.4 Å². The zero-order valence-electron chi connectivity index (χ0n) is 18.1. The molecule has 11 heteroatoms. The highest BCUT2D eigenvalue weighted by molar-refractivity contribution is 8.23. The van der Waals surface area contributed by atoms with Crippen molar-refractivity contribution in [3.05, 3.63) is 60.3 Å². The second-order valence-corrected chi connectivity index (χ2v) is 10.4. The molecule has 0 aliphatic carbocycles. The number of hydrogen-bond donors (Lipinski definition) is 2. The number of nitrogens with zero attached hydrogens (tertiary/aromatic N) is 3. The van der Waals surface area contributed by atoms with Crippen LogP contribution in [0, 0.1) is 11.8 Å². The number of thioether (sulfide) groups is 1. The molecule has 3 N–H and O–H groups in total. The Morgan fingerprint density at radius 1 is 1.24 bits per heavy atom. The van der Waals surface area contributed by atoms with Crippen LogP contribution in [0.1, 0.15) is 12.6 Å². The van der Waals surface area contributed by atoms with Gasteiger partial charge in [0, 0.05) is 18.7 Å². The molecular formula is C22H22N4O4S3. The minimum atomic E-state index is -3.80. The number of benzene rings is 2. The molecule has 8 nitrogen and oxygen atoms in total. The van der Waals surface area contributed by atoms with Gasteiger partial charge in [-0.3, -0.25) is 5.21 Å². The molecule has 0 amide bonds. The third-order valence-electron chi connectivity index (χ3n) is 4.45. The molecule has 0 saturated heterocycles. The van der Waals surface area contributed by atoms with E-state index < -0.39 is 10.0 Å². The molecule has 172 valence electrons. The SMILES string of the molecule is COc1ccc(-c2cc(C#CC(C)SC(=S)N(C)O)nn2-c2ccc(S(N)(=O)=O)cc2)cc1. The first-order valence-electron chi connectivity index (χ1n) is 9.61. The largest absolute Gasteiger partial charge is 0.497 e. The minimum absolute atomic E-state index is 0.0140. The highest BCUT2D eigenvalue weighted by Crippen LogP contribution is 2.26. The van der Waals surface area contributed by atoms with Crippen LogP contribution < -0.4 is 9.88 Å². The van der Waals surface area contributed by atoms with Gasteiger partial charge in [-0.15, -0.1) is 0 Å². The molecule has 3 rings (SSSR count). The van der Waals surface area contributed by atoms with Crippen molar-refractivity contribution in [1.82, 2.24) is 14.8 Å². The summed E-state index contributed by atoms with van der Waals surface area (Å²) in [6.45, 7) is 1.88. The van der Waals surface area contributed by atoms with Gasteiger partial charge in [0.2, 0.25) is 10.0 Å². The summed E-state index contributed by atoms with van der Waals surface area (Å²) >= 11 is 6.34. The van der Waals surface area contributed by atoms with E-state index in [0.717, 1.165) is 22.1 Å². The number of aromatic nitrogens is 2. The summed E-state index contributed by atoms with van der Waals surface area (Å²) < 4.78 is 30.4. The molecule has 3 aromatic rings. The third-order valence-corrected chi connectivity index (χ3v) is 6.87. The summed E-state index contributed by atoms with van der Waals surface area (Å²) in [5.74, 6) is 6.84. The van der Waals surface area contributed by atoms with Crippen LogP contribution in [-0.4, -0.2) is 52.2 Å². The van der Waals surface area contributed by atoms with Gasteiger partial charge < -0.3 is 4.74 Å². The number of ether oxygens (including phenoxy) is 1. The Labute approximate surface area is 202 Å². The van der Waals surface area contributed by atoms with Crippen molar-refractivity contribution in [3.8, 4) is 34.5 Å². The van der Waals surface area contributed by atoms with Crippen molar-refractivity contribution in [2.45, 2.75) is 17.1 Å². The van der Waals surface area contributed by atoms with Crippen molar-refractivity contribution in [3.63, 3.8) is 0 Å². The molecule has 33 heavy (non-hydrogen) atoms. The highest BCUT2D eigenvalue weighted by atomic mass is 32.2. The van der Waals surface area contributed by atoms with Crippen LogP contribution in [0.15, 0.2) is 59.5 Å². The van der Waals surface area contributed by atoms with Crippen molar-refractivity contribution in [1.29, 1.82) is 0 Å². The summed E-state index contributed by atoms with van der Waals surface area (Å²) in [5.41, 5.74) is 2.80. The molecule has 0 saturated carbocycles. The Balaban J connectivity index is 2.01. The molecule has 0 bridgehead atoms. The number of primary sulfonamides is 1. The van der Waals surface area contributed by atoms with Crippen LogP contribution in [0.4, 0.5) is 0 Å². The van der Waals surface area contributed by atoms with Gasteiger partial charge in [0.05, 0.1) is 28.6 Å². The van der Waals surface area contributed by atoms with Crippen LogP contribution in [0.5, 0.6) is 5.75 Å². The second-order valence-electron chi connectivity index (χ2n) is 6.91. The summed E-state index contributed by atoms with van der Waals surface area (Å²) in [5, 5.41) is 19.9. The Morgan fingerprint density at radius 3 is 2.42 bits per heavy atom. The van der Waals surface area contributed by atoms with E-state index in [-0.39, 0.29) is 10.1 Å². The molecule has 1 atom stereocenters. The average Bonchev–Trinajstić information content (AvgIpc) is 3.21. The van der Waals surface area contributed by atoms with E-state index in [1.807, 2.05) is 37.3 Å². The lowest BCUT2D eigenvalue weighted by molar-refractivity contribution is 0.0205. The lowest BCUT2D eigenvalue weighted by atomic mass is 10.1. The van der Waals surface area contributed by atoms with Gasteiger partial charge in [0.1, 0.15) is 11.4 Å². The van der Waals surface area contributed by atoms with E-state index in [4.69, 9.17) is 22.1 Å². The quantitative estimate of drug-likeness (QED) is 0.311. The van der Waals surface area contributed by atoms with Crippen molar-refractivity contribution in [2.75, 3.05) is 14.2 Å². The van der Waals surface area contributed by atoms with E-state index in [1.54, 1.807) is 23.9 Å². The van der Waals surface area contributed by atoms with Gasteiger partial charge in [0.15, 0.2) is 4.32 Å².